The van der Waals surface area contributed by atoms with Gasteiger partial charge in [-0.25, -0.2) is 12.7 Å². The molecule has 156 valence electrons. The van der Waals surface area contributed by atoms with E-state index < -0.39 is 10.0 Å². The van der Waals surface area contributed by atoms with E-state index in [0.717, 1.165) is 31.7 Å². The van der Waals surface area contributed by atoms with Gasteiger partial charge in [-0.05, 0) is 63.9 Å². The second-order valence-corrected chi connectivity index (χ2v) is 9.99. The summed E-state index contributed by atoms with van der Waals surface area (Å²) in [7, 11) is -1.13. The molecule has 2 heterocycles. The van der Waals surface area contributed by atoms with Crippen LogP contribution in [0.25, 0.3) is 0 Å². The van der Waals surface area contributed by atoms with Crippen LogP contribution >= 0.6 is 0 Å². The highest BCUT2D eigenvalue weighted by atomic mass is 32.2. The average Bonchev–Trinajstić information content (AvgIpc) is 2.71. The molecule has 1 unspecified atom stereocenters. The molecule has 1 atom stereocenters. The lowest BCUT2D eigenvalue weighted by molar-refractivity contribution is -0.120. The van der Waals surface area contributed by atoms with Crippen molar-refractivity contribution in [1.29, 1.82) is 0 Å². The minimum absolute atomic E-state index is 0.0695. The van der Waals surface area contributed by atoms with Crippen molar-refractivity contribution in [2.75, 3.05) is 44.3 Å². The van der Waals surface area contributed by atoms with Crippen molar-refractivity contribution < 1.29 is 17.9 Å². The van der Waals surface area contributed by atoms with Crippen LogP contribution in [-0.2, 0) is 14.8 Å². The van der Waals surface area contributed by atoms with Gasteiger partial charge in [0, 0.05) is 31.9 Å². The summed E-state index contributed by atoms with van der Waals surface area (Å²) in [5, 5.41) is 2.92. The standard InChI is InChI=1S/C20H31N3O4S/c1-3-28(25,26)23-12-4-5-16(15-23)20(24)21-17-6-8-18(9-7-17)27-19-10-13-22(2)14-11-19/h6-9,16,19H,3-5,10-15H2,1-2H3,(H,21,24). The molecule has 0 radical (unpaired) electrons. The lowest BCUT2D eigenvalue weighted by Gasteiger charge is -2.31. The van der Waals surface area contributed by atoms with Crippen molar-refractivity contribution >= 4 is 21.6 Å². The minimum atomic E-state index is -3.25. The topological polar surface area (TPSA) is 79.0 Å². The molecule has 2 aliphatic heterocycles. The van der Waals surface area contributed by atoms with Crippen molar-refractivity contribution in [3.63, 3.8) is 0 Å². The van der Waals surface area contributed by atoms with E-state index >= 15 is 0 Å². The SMILES string of the molecule is CCS(=O)(=O)N1CCCC(C(=O)Nc2ccc(OC3CCN(C)CC3)cc2)C1. The van der Waals surface area contributed by atoms with E-state index in [1.807, 2.05) is 24.3 Å². The smallest absolute Gasteiger partial charge is 0.228 e. The Morgan fingerprint density at radius 1 is 1.14 bits per heavy atom. The number of hydrogen-bond acceptors (Lipinski definition) is 5. The maximum atomic E-state index is 12.6. The van der Waals surface area contributed by atoms with E-state index in [2.05, 4.69) is 17.3 Å². The molecule has 28 heavy (non-hydrogen) atoms. The molecule has 1 aromatic rings. The van der Waals surface area contributed by atoms with Crippen LogP contribution in [0.2, 0.25) is 0 Å². The summed E-state index contributed by atoms with van der Waals surface area (Å²) in [4.78, 5) is 14.9. The molecule has 2 saturated heterocycles. The van der Waals surface area contributed by atoms with E-state index in [4.69, 9.17) is 4.74 Å². The predicted molar refractivity (Wildman–Crippen MR) is 110 cm³/mol. The molecule has 0 aromatic heterocycles. The summed E-state index contributed by atoms with van der Waals surface area (Å²) >= 11 is 0. The first-order valence-electron chi connectivity index (χ1n) is 10.1. The van der Waals surface area contributed by atoms with Gasteiger partial charge in [-0.3, -0.25) is 4.79 Å². The average molecular weight is 410 g/mol. The van der Waals surface area contributed by atoms with Gasteiger partial charge in [-0.1, -0.05) is 0 Å². The fourth-order valence-electron chi connectivity index (χ4n) is 3.75. The monoisotopic (exact) mass is 409 g/mol. The summed E-state index contributed by atoms with van der Waals surface area (Å²) in [5.74, 6) is 0.441. The van der Waals surface area contributed by atoms with E-state index in [9.17, 15) is 13.2 Å². The maximum absolute atomic E-state index is 12.6. The number of carbonyl (C=O) groups is 1. The van der Waals surface area contributed by atoms with Crippen LogP contribution in [0.3, 0.4) is 0 Å². The van der Waals surface area contributed by atoms with Gasteiger partial charge < -0.3 is 15.0 Å². The molecular weight excluding hydrogens is 378 g/mol. The first-order valence-corrected chi connectivity index (χ1v) is 11.7. The Balaban J connectivity index is 1.52. The van der Waals surface area contributed by atoms with Crippen molar-refractivity contribution in [3.8, 4) is 5.75 Å². The van der Waals surface area contributed by atoms with Crippen LogP contribution in [-0.4, -0.2) is 68.6 Å². The Hall–Kier alpha value is -1.64. The first-order chi connectivity index (χ1) is 13.4. The largest absolute Gasteiger partial charge is 0.490 e. The van der Waals surface area contributed by atoms with E-state index in [0.29, 0.717) is 25.1 Å². The second kappa shape index (κ2) is 9.24. The van der Waals surface area contributed by atoms with Gasteiger partial charge in [-0.2, -0.15) is 0 Å². The van der Waals surface area contributed by atoms with Crippen LogP contribution < -0.4 is 10.1 Å². The fourth-order valence-corrected chi connectivity index (χ4v) is 4.93. The van der Waals surface area contributed by atoms with Crippen LogP contribution in [0.4, 0.5) is 5.69 Å². The molecule has 1 N–H and O–H groups in total. The second-order valence-electron chi connectivity index (χ2n) is 7.73. The number of amides is 1. The van der Waals surface area contributed by atoms with E-state index in [-0.39, 0.29) is 30.2 Å². The van der Waals surface area contributed by atoms with E-state index in [1.165, 1.54) is 4.31 Å². The molecule has 0 spiro atoms. The Bertz CT molecular complexity index is 758. The normalized spacial score (nSPS) is 22.7. The molecule has 3 rings (SSSR count). The van der Waals surface area contributed by atoms with Crippen LogP contribution in [0.5, 0.6) is 5.75 Å². The zero-order valence-corrected chi connectivity index (χ0v) is 17.6. The summed E-state index contributed by atoms with van der Waals surface area (Å²) < 4.78 is 31.6. The molecule has 1 aromatic carbocycles. The molecule has 0 saturated carbocycles. The van der Waals surface area contributed by atoms with Gasteiger partial charge in [0.25, 0.3) is 0 Å². The zero-order valence-electron chi connectivity index (χ0n) is 16.8. The Morgan fingerprint density at radius 2 is 1.82 bits per heavy atom. The summed E-state index contributed by atoms with van der Waals surface area (Å²) in [5.41, 5.74) is 0.705. The van der Waals surface area contributed by atoms with Gasteiger partial charge in [0.05, 0.1) is 11.7 Å². The van der Waals surface area contributed by atoms with Gasteiger partial charge in [0.15, 0.2) is 0 Å². The van der Waals surface area contributed by atoms with Gasteiger partial charge in [0.1, 0.15) is 11.9 Å². The zero-order chi connectivity index (χ0) is 20.1. The van der Waals surface area contributed by atoms with Gasteiger partial charge in [0.2, 0.25) is 15.9 Å². The fraction of sp³-hybridized carbons (Fsp3) is 0.650. The van der Waals surface area contributed by atoms with Crippen molar-refractivity contribution in [1.82, 2.24) is 9.21 Å². The number of ether oxygens (including phenoxy) is 1. The summed E-state index contributed by atoms with van der Waals surface area (Å²) in [6.07, 6.45) is 3.70. The third kappa shape index (κ3) is 5.46. The molecular formula is C20H31N3O4S. The molecule has 8 heteroatoms. The highest BCUT2D eigenvalue weighted by Gasteiger charge is 2.31. The molecule has 1 amide bonds. The van der Waals surface area contributed by atoms with Crippen molar-refractivity contribution in [2.24, 2.45) is 5.92 Å². The Labute approximate surface area is 168 Å². The van der Waals surface area contributed by atoms with E-state index in [1.54, 1.807) is 6.92 Å². The number of sulfonamides is 1. The van der Waals surface area contributed by atoms with Crippen LogP contribution in [0.15, 0.2) is 24.3 Å². The lowest BCUT2D eigenvalue weighted by atomic mass is 9.98. The first kappa shape index (κ1) is 21.1. The number of rotatable bonds is 6. The van der Waals surface area contributed by atoms with Crippen molar-refractivity contribution in [2.45, 2.75) is 38.7 Å². The lowest BCUT2D eigenvalue weighted by Crippen LogP contribution is -2.44. The van der Waals surface area contributed by atoms with Crippen molar-refractivity contribution in [3.05, 3.63) is 24.3 Å². The third-order valence-electron chi connectivity index (χ3n) is 5.60. The number of anilines is 1. The number of piperidine rings is 2. The molecule has 0 bridgehead atoms. The minimum Gasteiger partial charge on any atom is -0.490 e. The summed E-state index contributed by atoms with van der Waals surface area (Å²) in [6, 6.07) is 7.43. The molecule has 2 aliphatic rings. The quantitative estimate of drug-likeness (QED) is 0.779. The number of benzene rings is 1. The predicted octanol–water partition coefficient (Wildman–Crippen LogP) is 2.16. The van der Waals surface area contributed by atoms with Gasteiger partial charge in [-0.15, -0.1) is 0 Å². The number of likely N-dealkylation sites (tertiary alicyclic amines) is 1. The Morgan fingerprint density at radius 3 is 2.46 bits per heavy atom. The van der Waals surface area contributed by atoms with Gasteiger partial charge >= 0.3 is 0 Å². The third-order valence-corrected chi connectivity index (χ3v) is 7.45. The number of nitrogens with one attached hydrogen (secondary N) is 1. The molecule has 2 fully saturated rings. The van der Waals surface area contributed by atoms with Crippen LogP contribution in [0, 0.1) is 5.92 Å². The summed E-state index contributed by atoms with van der Waals surface area (Å²) in [6.45, 7) is 4.49. The number of carbonyl (C=O) groups excluding carboxylic acids is 1. The number of nitrogens with zero attached hydrogens (tertiary/aromatic N) is 2. The molecule has 0 aliphatic carbocycles. The molecule has 7 nitrogen and oxygen atoms in total. The highest BCUT2D eigenvalue weighted by Crippen LogP contribution is 2.23. The number of hydrogen-bond donors (Lipinski definition) is 1. The van der Waals surface area contributed by atoms with Crippen LogP contribution in [0.1, 0.15) is 32.6 Å². The highest BCUT2D eigenvalue weighted by molar-refractivity contribution is 7.89. The Kier molecular flexibility index (Phi) is 6.95. The maximum Gasteiger partial charge on any atom is 0.228 e.